The average Bonchev–Trinajstić information content (AvgIpc) is 2.78. The predicted octanol–water partition coefficient (Wildman–Crippen LogP) is 1.29. The highest BCUT2D eigenvalue weighted by molar-refractivity contribution is 5.79. The minimum Gasteiger partial charge on any atom is -0.379 e. The maximum absolute atomic E-state index is 12.8. The van der Waals surface area contributed by atoms with E-state index < -0.39 is 0 Å². The van der Waals surface area contributed by atoms with E-state index in [-0.39, 0.29) is 24.1 Å². The molecule has 0 bridgehead atoms. The number of nitrogens with one attached hydrogen (secondary N) is 1. The van der Waals surface area contributed by atoms with Crippen LogP contribution in [0.15, 0.2) is 53.6 Å². The summed E-state index contributed by atoms with van der Waals surface area (Å²) >= 11 is 0. The zero-order valence-corrected chi connectivity index (χ0v) is 17.0. The molecule has 0 unspecified atom stereocenters. The number of rotatable bonds is 6. The second-order valence-electron chi connectivity index (χ2n) is 7.32. The number of pyridine rings is 1. The Balaban J connectivity index is 1.49. The highest BCUT2D eigenvalue weighted by Gasteiger charge is 2.23. The topological polar surface area (TPSA) is 89.3 Å². The molecule has 0 saturated carbocycles. The van der Waals surface area contributed by atoms with Crippen molar-refractivity contribution in [3.63, 3.8) is 0 Å². The number of para-hydroxylation sites is 1. The summed E-state index contributed by atoms with van der Waals surface area (Å²) in [7, 11) is 0. The number of hydrogen-bond acceptors (Lipinski definition) is 6. The number of ether oxygens (including phenoxy) is 1. The van der Waals surface area contributed by atoms with Crippen molar-refractivity contribution in [1.82, 2.24) is 24.8 Å². The van der Waals surface area contributed by atoms with Crippen LogP contribution in [-0.2, 0) is 16.1 Å². The molecule has 0 aliphatic carbocycles. The number of hydrogen-bond donors (Lipinski definition) is 1. The van der Waals surface area contributed by atoms with Gasteiger partial charge in [-0.2, -0.15) is 0 Å². The number of morpholine rings is 1. The molecule has 8 nitrogen and oxygen atoms in total. The first kappa shape index (κ1) is 20.2. The molecule has 1 atom stereocenters. The molecule has 2 aromatic heterocycles. The second kappa shape index (κ2) is 9.15. The Hall–Kier alpha value is -3.10. The molecule has 3 aromatic rings. The van der Waals surface area contributed by atoms with Crippen LogP contribution in [-0.4, -0.2) is 58.2 Å². The third-order valence-electron chi connectivity index (χ3n) is 5.40. The van der Waals surface area contributed by atoms with Crippen molar-refractivity contribution >= 4 is 16.8 Å². The molecule has 8 heteroatoms. The van der Waals surface area contributed by atoms with E-state index in [1.165, 1.54) is 4.57 Å². The van der Waals surface area contributed by atoms with Crippen LogP contribution in [0.5, 0.6) is 0 Å². The predicted molar refractivity (Wildman–Crippen MR) is 113 cm³/mol. The van der Waals surface area contributed by atoms with Crippen molar-refractivity contribution in [3.8, 4) is 0 Å². The summed E-state index contributed by atoms with van der Waals surface area (Å²) in [5.74, 6) is 0.297. The van der Waals surface area contributed by atoms with Gasteiger partial charge in [0.15, 0.2) is 0 Å². The molecule has 156 valence electrons. The molecule has 0 radical (unpaired) electrons. The van der Waals surface area contributed by atoms with Crippen LogP contribution in [0, 0.1) is 6.92 Å². The summed E-state index contributed by atoms with van der Waals surface area (Å²) < 4.78 is 6.88. The Kier molecular flexibility index (Phi) is 6.15. The maximum Gasteiger partial charge on any atom is 0.261 e. The summed E-state index contributed by atoms with van der Waals surface area (Å²) in [6, 6.07) is 11.1. The fraction of sp³-hybridized carbons (Fsp3) is 0.364. The van der Waals surface area contributed by atoms with Crippen molar-refractivity contribution in [1.29, 1.82) is 0 Å². The van der Waals surface area contributed by atoms with Crippen LogP contribution in [0.2, 0.25) is 0 Å². The fourth-order valence-corrected chi connectivity index (χ4v) is 3.80. The number of aryl methyl sites for hydroxylation is 1. The van der Waals surface area contributed by atoms with E-state index in [1.54, 1.807) is 31.3 Å². The van der Waals surface area contributed by atoms with Crippen molar-refractivity contribution in [2.24, 2.45) is 0 Å². The van der Waals surface area contributed by atoms with Gasteiger partial charge in [0, 0.05) is 32.0 Å². The molecule has 0 spiro atoms. The maximum atomic E-state index is 12.8. The molecule has 1 aliphatic rings. The van der Waals surface area contributed by atoms with Gasteiger partial charge in [-0.25, -0.2) is 4.98 Å². The van der Waals surface area contributed by atoms with Crippen molar-refractivity contribution < 1.29 is 9.53 Å². The minimum atomic E-state index is -0.223. The molecule has 3 heterocycles. The lowest BCUT2D eigenvalue weighted by molar-refractivity contribution is -0.122. The van der Waals surface area contributed by atoms with E-state index in [0.717, 1.165) is 18.7 Å². The molecule has 30 heavy (non-hydrogen) atoms. The zero-order valence-electron chi connectivity index (χ0n) is 17.0. The Morgan fingerprint density at radius 1 is 1.20 bits per heavy atom. The number of carbonyl (C=O) groups excluding carboxylic acids is 1. The van der Waals surface area contributed by atoms with Gasteiger partial charge < -0.3 is 10.1 Å². The van der Waals surface area contributed by atoms with Crippen molar-refractivity contribution in [3.05, 3.63) is 70.5 Å². The molecule has 1 aliphatic heterocycles. The second-order valence-corrected chi connectivity index (χ2v) is 7.32. The highest BCUT2D eigenvalue weighted by Crippen LogP contribution is 2.20. The summed E-state index contributed by atoms with van der Waals surface area (Å²) in [6.07, 6.45) is 3.56. The number of fused-ring (bicyclic) bond motifs is 1. The molecule has 1 fully saturated rings. The summed E-state index contributed by atoms with van der Waals surface area (Å²) in [4.78, 5) is 36.5. The standard InChI is InChI=1S/C22H25N5O3/c1-16-25-19-7-3-2-6-18(19)22(29)27(16)15-21(28)24-14-20(17-5-4-8-23-13-17)26-9-11-30-12-10-26/h2-8,13,20H,9-12,14-15H2,1H3,(H,24,28)/t20-/m0/s1. The van der Waals surface area contributed by atoms with Gasteiger partial charge in [-0.1, -0.05) is 18.2 Å². The Labute approximate surface area is 174 Å². The van der Waals surface area contributed by atoms with Gasteiger partial charge >= 0.3 is 0 Å². The highest BCUT2D eigenvalue weighted by atomic mass is 16.5. The van der Waals surface area contributed by atoms with Gasteiger partial charge in [0.05, 0.1) is 30.2 Å². The first-order valence-electron chi connectivity index (χ1n) is 10.1. The third-order valence-corrected chi connectivity index (χ3v) is 5.40. The fourth-order valence-electron chi connectivity index (χ4n) is 3.80. The smallest absolute Gasteiger partial charge is 0.261 e. The Bertz CT molecular complexity index is 1080. The van der Waals surface area contributed by atoms with Gasteiger partial charge in [0.25, 0.3) is 5.56 Å². The SMILES string of the molecule is Cc1nc2ccccc2c(=O)n1CC(=O)NC[C@@H](c1cccnc1)N1CCOCC1. The lowest BCUT2D eigenvalue weighted by atomic mass is 10.1. The van der Waals surface area contributed by atoms with E-state index in [9.17, 15) is 9.59 Å². The van der Waals surface area contributed by atoms with Crippen LogP contribution in [0.1, 0.15) is 17.4 Å². The summed E-state index contributed by atoms with van der Waals surface area (Å²) in [5, 5.41) is 3.50. The first-order valence-corrected chi connectivity index (χ1v) is 10.1. The normalized spacial score (nSPS) is 15.8. The van der Waals surface area contributed by atoms with Crippen molar-refractivity contribution in [2.45, 2.75) is 19.5 Å². The molecule has 1 saturated heterocycles. The first-order chi connectivity index (χ1) is 14.6. The van der Waals surface area contributed by atoms with Crippen molar-refractivity contribution in [2.75, 3.05) is 32.8 Å². The van der Waals surface area contributed by atoms with Crippen LogP contribution in [0.3, 0.4) is 0 Å². The number of aromatic nitrogens is 3. The average molecular weight is 407 g/mol. The lowest BCUT2D eigenvalue weighted by Crippen LogP contribution is -2.44. The van der Waals surface area contributed by atoms with Crippen LogP contribution >= 0.6 is 0 Å². The lowest BCUT2D eigenvalue weighted by Gasteiger charge is -2.34. The van der Waals surface area contributed by atoms with Crippen LogP contribution < -0.4 is 10.9 Å². The summed E-state index contributed by atoms with van der Waals surface area (Å²) in [5.41, 5.74) is 1.48. The van der Waals surface area contributed by atoms with Gasteiger partial charge in [0.1, 0.15) is 12.4 Å². The molecule has 1 amide bonds. The van der Waals surface area contributed by atoms with Crippen LogP contribution in [0.4, 0.5) is 0 Å². The van der Waals surface area contributed by atoms with Gasteiger partial charge in [-0.05, 0) is 30.7 Å². The molecule has 4 rings (SSSR count). The number of benzene rings is 1. The Morgan fingerprint density at radius 2 is 2.00 bits per heavy atom. The monoisotopic (exact) mass is 407 g/mol. The van der Waals surface area contributed by atoms with E-state index in [4.69, 9.17) is 4.74 Å². The zero-order chi connectivity index (χ0) is 20.9. The summed E-state index contributed by atoms with van der Waals surface area (Å²) in [6.45, 7) is 5.04. The molecular weight excluding hydrogens is 382 g/mol. The van der Waals surface area contributed by atoms with E-state index in [2.05, 4.69) is 20.2 Å². The Morgan fingerprint density at radius 3 is 2.77 bits per heavy atom. The van der Waals surface area contributed by atoms with Gasteiger partial charge in [0.2, 0.25) is 5.91 Å². The number of amides is 1. The van der Waals surface area contributed by atoms with E-state index in [0.29, 0.717) is 36.5 Å². The van der Waals surface area contributed by atoms with Gasteiger partial charge in [-0.15, -0.1) is 0 Å². The quantitative estimate of drug-likeness (QED) is 0.662. The van der Waals surface area contributed by atoms with E-state index in [1.807, 2.05) is 24.4 Å². The molecule has 1 aromatic carbocycles. The van der Waals surface area contributed by atoms with E-state index >= 15 is 0 Å². The van der Waals surface area contributed by atoms with Crippen LogP contribution in [0.25, 0.3) is 10.9 Å². The number of nitrogens with zero attached hydrogens (tertiary/aromatic N) is 4. The minimum absolute atomic E-state index is 0.000836. The van der Waals surface area contributed by atoms with Gasteiger partial charge in [-0.3, -0.25) is 24.0 Å². The molecular formula is C22H25N5O3. The third kappa shape index (κ3) is 4.39. The number of carbonyl (C=O) groups is 1. The largest absolute Gasteiger partial charge is 0.379 e. The molecule has 1 N–H and O–H groups in total.